The van der Waals surface area contributed by atoms with Crippen LogP contribution in [0.1, 0.15) is 0 Å². The number of hydrogen-bond donors (Lipinski definition) is 1. The van der Waals surface area contributed by atoms with E-state index in [2.05, 4.69) is 14.6 Å². The predicted octanol–water partition coefficient (Wildman–Crippen LogP) is 0.545. The molecule has 17 heavy (non-hydrogen) atoms. The van der Waals surface area contributed by atoms with E-state index < -0.39 is 25.5 Å². The summed E-state index contributed by atoms with van der Waals surface area (Å²) in [5.74, 6) is -0.489. The fraction of sp³-hybridized carbons (Fsp3) is 0.500. The van der Waals surface area contributed by atoms with E-state index in [9.17, 15) is 18.0 Å². The standard InChI is InChI=1S/C8H10F3N3O3/c9-8(10,11)17-4-3-16-7(15)5-14-2-1-6(12)13-14/h1-2H,3-5H2,(H2,12,13). The van der Waals surface area contributed by atoms with Crippen LogP contribution in [-0.2, 0) is 20.8 Å². The lowest BCUT2D eigenvalue weighted by Gasteiger charge is -2.07. The number of carbonyl (C=O) groups is 1. The zero-order chi connectivity index (χ0) is 12.9. The molecule has 1 aromatic rings. The highest BCUT2D eigenvalue weighted by Gasteiger charge is 2.28. The smallest absolute Gasteiger partial charge is 0.462 e. The molecular formula is C8H10F3N3O3. The number of halogens is 3. The number of nitrogens with two attached hydrogens (primary N) is 1. The van der Waals surface area contributed by atoms with Gasteiger partial charge in [0.2, 0.25) is 0 Å². The molecule has 1 aromatic heterocycles. The summed E-state index contributed by atoms with van der Waals surface area (Å²) in [6.07, 6.45) is -3.27. The maximum atomic E-state index is 11.5. The third-order valence-corrected chi connectivity index (χ3v) is 1.56. The minimum atomic E-state index is -4.72. The Morgan fingerprint density at radius 3 is 2.71 bits per heavy atom. The second kappa shape index (κ2) is 5.53. The summed E-state index contributed by atoms with van der Waals surface area (Å²) < 4.78 is 43.7. The van der Waals surface area contributed by atoms with Crippen molar-refractivity contribution in [3.05, 3.63) is 12.3 Å². The Hall–Kier alpha value is -1.77. The molecule has 1 heterocycles. The van der Waals surface area contributed by atoms with Crippen molar-refractivity contribution in [2.45, 2.75) is 12.9 Å². The van der Waals surface area contributed by atoms with Crippen LogP contribution in [0.5, 0.6) is 0 Å². The molecule has 1 rings (SSSR count). The lowest BCUT2D eigenvalue weighted by atomic mass is 10.6. The number of hydrogen-bond acceptors (Lipinski definition) is 5. The number of ether oxygens (including phenoxy) is 2. The van der Waals surface area contributed by atoms with Gasteiger partial charge in [0.1, 0.15) is 19.0 Å². The zero-order valence-corrected chi connectivity index (χ0v) is 8.61. The number of rotatable bonds is 5. The molecule has 0 fully saturated rings. The van der Waals surface area contributed by atoms with Crippen molar-refractivity contribution < 1.29 is 27.4 Å². The van der Waals surface area contributed by atoms with Crippen molar-refractivity contribution >= 4 is 11.8 Å². The van der Waals surface area contributed by atoms with Crippen LogP contribution in [0.25, 0.3) is 0 Å². The van der Waals surface area contributed by atoms with Gasteiger partial charge in [-0.1, -0.05) is 0 Å². The van der Waals surface area contributed by atoms with Crippen molar-refractivity contribution in [3.63, 3.8) is 0 Å². The van der Waals surface area contributed by atoms with Gasteiger partial charge in [0.15, 0.2) is 0 Å². The molecular weight excluding hydrogens is 243 g/mol. The summed E-state index contributed by atoms with van der Waals surface area (Å²) in [6, 6.07) is 1.47. The normalized spacial score (nSPS) is 11.5. The highest BCUT2D eigenvalue weighted by Crippen LogP contribution is 2.15. The number of esters is 1. The van der Waals surface area contributed by atoms with Gasteiger partial charge in [0.05, 0.1) is 6.61 Å². The van der Waals surface area contributed by atoms with Crippen LogP contribution in [0.15, 0.2) is 12.3 Å². The molecule has 6 nitrogen and oxygen atoms in total. The molecule has 9 heteroatoms. The average molecular weight is 253 g/mol. The number of aromatic nitrogens is 2. The Morgan fingerprint density at radius 1 is 1.47 bits per heavy atom. The van der Waals surface area contributed by atoms with Gasteiger partial charge in [-0.05, 0) is 6.07 Å². The summed E-state index contributed by atoms with van der Waals surface area (Å²) in [6.45, 7) is -1.44. The number of anilines is 1. The van der Waals surface area contributed by atoms with Crippen molar-refractivity contribution in [2.24, 2.45) is 0 Å². The highest BCUT2D eigenvalue weighted by molar-refractivity contribution is 5.69. The van der Waals surface area contributed by atoms with Gasteiger partial charge >= 0.3 is 12.3 Å². The maximum absolute atomic E-state index is 11.5. The van der Waals surface area contributed by atoms with E-state index in [1.54, 1.807) is 0 Å². The van der Waals surface area contributed by atoms with E-state index >= 15 is 0 Å². The van der Waals surface area contributed by atoms with Crippen molar-refractivity contribution in [1.29, 1.82) is 0 Å². The molecule has 0 bridgehead atoms. The van der Waals surface area contributed by atoms with E-state index in [1.807, 2.05) is 0 Å². The molecule has 0 aromatic carbocycles. The monoisotopic (exact) mass is 253 g/mol. The van der Waals surface area contributed by atoms with Gasteiger partial charge in [-0.3, -0.25) is 14.2 Å². The molecule has 0 aliphatic rings. The average Bonchev–Trinajstić information content (AvgIpc) is 2.57. The summed E-state index contributed by atoms with van der Waals surface area (Å²) in [4.78, 5) is 11.1. The molecule has 0 saturated carbocycles. The second-order valence-electron chi connectivity index (χ2n) is 2.95. The zero-order valence-electron chi connectivity index (χ0n) is 8.61. The van der Waals surface area contributed by atoms with Crippen LogP contribution in [0, 0.1) is 0 Å². The van der Waals surface area contributed by atoms with Crippen LogP contribution in [-0.4, -0.2) is 35.3 Å². The lowest BCUT2D eigenvalue weighted by molar-refractivity contribution is -0.326. The lowest BCUT2D eigenvalue weighted by Crippen LogP contribution is -2.20. The first-order valence-corrected chi connectivity index (χ1v) is 4.52. The number of carbonyl (C=O) groups excluding carboxylic acids is 1. The molecule has 0 aliphatic heterocycles. The first-order chi connectivity index (χ1) is 7.87. The molecule has 2 N–H and O–H groups in total. The van der Waals surface area contributed by atoms with Gasteiger partial charge in [0, 0.05) is 6.20 Å². The molecule has 0 aliphatic carbocycles. The minimum Gasteiger partial charge on any atom is -0.462 e. The van der Waals surface area contributed by atoms with E-state index in [0.717, 1.165) is 0 Å². The number of nitrogen functional groups attached to an aromatic ring is 1. The molecule has 0 amide bonds. The third-order valence-electron chi connectivity index (χ3n) is 1.56. The SMILES string of the molecule is Nc1ccn(CC(=O)OCCOC(F)(F)F)n1. The Bertz CT molecular complexity index is 378. The van der Waals surface area contributed by atoms with Crippen LogP contribution in [0.4, 0.5) is 19.0 Å². The predicted molar refractivity (Wildman–Crippen MR) is 49.6 cm³/mol. The largest absolute Gasteiger partial charge is 0.522 e. The summed E-state index contributed by atoms with van der Waals surface area (Å²) in [5.41, 5.74) is 5.29. The van der Waals surface area contributed by atoms with Gasteiger partial charge in [0.25, 0.3) is 0 Å². The molecule has 0 atom stereocenters. The summed E-state index contributed by atoms with van der Waals surface area (Å²) in [7, 11) is 0. The fourth-order valence-electron chi connectivity index (χ4n) is 0.956. The molecule has 0 radical (unpaired) electrons. The van der Waals surface area contributed by atoms with Crippen molar-refractivity contribution in [3.8, 4) is 0 Å². The van der Waals surface area contributed by atoms with E-state index in [1.165, 1.54) is 16.9 Å². The maximum Gasteiger partial charge on any atom is 0.522 e. The minimum absolute atomic E-state index is 0.219. The van der Waals surface area contributed by atoms with Crippen LogP contribution < -0.4 is 5.73 Å². The Labute approximate surface area is 94.1 Å². The molecule has 96 valence electrons. The van der Waals surface area contributed by atoms with E-state index in [0.29, 0.717) is 0 Å². The fourth-order valence-corrected chi connectivity index (χ4v) is 0.956. The van der Waals surface area contributed by atoms with Gasteiger partial charge in [-0.25, -0.2) is 0 Å². The summed E-state index contributed by atoms with van der Waals surface area (Å²) in [5, 5.41) is 3.70. The Balaban J connectivity index is 2.18. The molecule has 0 spiro atoms. The van der Waals surface area contributed by atoms with E-state index in [4.69, 9.17) is 5.73 Å². The van der Waals surface area contributed by atoms with Crippen molar-refractivity contribution in [1.82, 2.24) is 9.78 Å². The number of alkyl halides is 3. The Kier molecular flexibility index (Phi) is 4.32. The van der Waals surface area contributed by atoms with Crippen molar-refractivity contribution in [2.75, 3.05) is 18.9 Å². The van der Waals surface area contributed by atoms with Crippen LogP contribution in [0.3, 0.4) is 0 Å². The van der Waals surface area contributed by atoms with Gasteiger partial charge in [-0.2, -0.15) is 5.10 Å². The van der Waals surface area contributed by atoms with Crippen LogP contribution in [0.2, 0.25) is 0 Å². The second-order valence-corrected chi connectivity index (χ2v) is 2.95. The third kappa shape index (κ3) is 5.76. The first-order valence-electron chi connectivity index (χ1n) is 4.52. The number of nitrogens with zero attached hydrogens (tertiary/aromatic N) is 2. The highest BCUT2D eigenvalue weighted by atomic mass is 19.4. The quantitative estimate of drug-likeness (QED) is 0.612. The van der Waals surface area contributed by atoms with E-state index in [-0.39, 0.29) is 12.4 Å². The molecule has 0 unspecified atom stereocenters. The van der Waals surface area contributed by atoms with Crippen LogP contribution >= 0.6 is 0 Å². The molecule has 0 saturated heterocycles. The Morgan fingerprint density at radius 2 is 2.18 bits per heavy atom. The van der Waals surface area contributed by atoms with Gasteiger partial charge < -0.3 is 10.5 Å². The topological polar surface area (TPSA) is 79.4 Å². The summed E-state index contributed by atoms with van der Waals surface area (Å²) >= 11 is 0. The first kappa shape index (κ1) is 13.3. The van der Waals surface area contributed by atoms with Gasteiger partial charge in [-0.15, -0.1) is 13.2 Å².